The lowest BCUT2D eigenvalue weighted by Crippen LogP contribution is -2.12. The van der Waals surface area contributed by atoms with Gasteiger partial charge in [-0.25, -0.2) is 0 Å². The molecule has 4 nitrogen and oxygen atoms in total. The molecule has 2 N–H and O–H groups in total. The molecule has 0 aliphatic heterocycles. The lowest BCUT2D eigenvalue weighted by atomic mass is 10.2. The lowest BCUT2D eigenvalue weighted by Gasteiger charge is -2.06. The van der Waals surface area contributed by atoms with Crippen molar-refractivity contribution in [3.8, 4) is 5.75 Å². The molecule has 0 saturated heterocycles. The molecule has 0 bridgehead atoms. The van der Waals surface area contributed by atoms with Crippen LogP contribution in [-0.2, 0) is 15.2 Å². The second-order valence-electron chi connectivity index (χ2n) is 3.91. The Kier molecular flexibility index (Phi) is 9.53. The van der Waals surface area contributed by atoms with Crippen LogP contribution in [0.4, 0.5) is 0 Å². The summed E-state index contributed by atoms with van der Waals surface area (Å²) < 4.78 is 15.8. The van der Waals surface area contributed by atoms with Crippen LogP contribution in [0.2, 0.25) is 0 Å². The Morgan fingerprint density at radius 2 is 1.68 bits per heavy atom. The van der Waals surface area contributed by atoms with Crippen LogP contribution in [0.15, 0.2) is 24.3 Å². The summed E-state index contributed by atoms with van der Waals surface area (Å²) in [4.78, 5) is 0. The highest BCUT2D eigenvalue weighted by Crippen LogP contribution is 2.16. The third-order valence-corrected chi connectivity index (χ3v) is 3.43. The molecule has 19 heavy (non-hydrogen) atoms. The standard InChI is InChI=1S/C14H23NO3S/c1-16-14-4-2-13(3-5-14)12-19-11-10-18-9-8-17-7-6-15/h2-5H,6-12,15H2,1H3. The summed E-state index contributed by atoms with van der Waals surface area (Å²) in [6, 6.07) is 8.16. The summed E-state index contributed by atoms with van der Waals surface area (Å²) >= 11 is 1.86. The van der Waals surface area contributed by atoms with E-state index in [1.54, 1.807) is 7.11 Å². The van der Waals surface area contributed by atoms with Crippen LogP contribution < -0.4 is 10.5 Å². The zero-order chi connectivity index (χ0) is 13.8. The number of hydrogen-bond acceptors (Lipinski definition) is 5. The summed E-state index contributed by atoms with van der Waals surface area (Å²) in [6.07, 6.45) is 0. The van der Waals surface area contributed by atoms with Crippen molar-refractivity contribution in [3.63, 3.8) is 0 Å². The van der Waals surface area contributed by atoms with Crippen LogP contribution in [0.3, 0.4) is 0 Å². The Labute approximate surface area is 119 Å². The van der Waals surface area contributed by atoms with Gasteiger partial charge in [-0.05, 0) is 17.7 Å². The molecule has 0 aliphatic carbocycles. The van der Waals surface area contributed by atoms with E-state index in [-0.39, 0.29) is 0 Å². The quantitative estimate of drug-likeness (QED) is 0.630. The zero-order valence-corrected chi connectivity index (χ0v) is 12.3. The Morgan fingerprint density at radius 3 is 2.32 bits per heavy atom. The minimum Gasteiger partial charge on any atom is -0.497 e. The molecule has 108 valence electrons. The number of methoxy groups -OCH3 is 1. The molecule has 0 aliphatic rings. The van der Waals surface area contributed by atoms with E-state index in [0.717, 1.165) is 23.9 Å². The monoisotopic (exact) mass is 285 g/mol. The van der Waals surface area contributed by atoms with E-state index in [1.165, 1.54) is 5.56 Å². The molecule has 0 aromatic heterocycles. The molecule has 0 fully saturated rings. The highest BCUT2D eigenvalue weighted by Gasteiger charge is 1.96. The Hall–Kier alpha value is -0.750. The van der Waals surface area contributed by atoms with Gasteiger partial charge in [-0.1, -0.05) is 12.1 Å². The van der Waals surface area contributed by atoms with E-state index in [2.05, 4.69) is 12.1 Å². The van der Waals surface area contributed by atoms with Gasteiger partial charge in [0.15, 0.2) is 0 Å². The van der Waals surface area contributed by atoms with E-state index in [4.69, 9.17) is 19.9 Å². The fourth-order valence-corrected chi connectivity index (χ4v) is 2.24. The molecule has 1 aromatic carbocycles. The summed E-state index contributed by atoms with van der Waals surface area (Å²) in [6.45, 7) is 3.20. The van der Waals surface area contributed by atoms with Gasteiger partial charge in [0, 0.05) is 18.1 Å². The summed E-state index contributed by atoms with van der Waals surface area (Å²) in [5, 5.41) is 0. The van der Waals surface area contributed by atoms with Gasteiger partial charge >= 0.3 is 0 Å². The number of nitrogens with two attached hydrogens (primary N) is 1. The predicted octanol–water partition coefficient (Wildman–Crippen LogP) is 1.92. The lowest BCUT2D eigenvalue weighted by molar-refractivity contribution is 0.0571. The molecule has 0 saturated carbocycles. The molecule has 0 atom stereocenters. The average molecular weight is 285 g/mol. The van der Waals surface area contributed by atoms with Crippen LogP contribution in [0.25, 0.3) is 0 Å². The van der Waals surface area contributed by atoms with Crippen LogP contribution in [-0.4, -0.2) is 45.8 Å². The molecule has 5 heteroatoms. The van der Waals surface area contributed by atoms with E-state index < -0.39 is 0 Å². The molecule has 0 unspecified atom stereocenters. The second-order valence-corrected chi connectivity index (χ2v) is 5.02. The first-order chi connectivity index (χ1) is 9.36. The largest absolute Gasteiger partial charge is 0.497 e. The molecule has 0 radical (unpaired) electrons. The van der Waals surface area contributed by atoms with Crippen molar-refractivity contribution in [1.29, 1.82) is 0 Å². The van der Waals surface area contributed by atoms with Gasteiger partial charge in [-0.3, -0.25) is 0 Å². The first kappa shape index (κ1) is 16.3. The van der Waals surface area contributed by atoms with Crippen molar-refractivity contribution < 1.29 is 14.2 Å². The Balaban J connectivity index is 1.95. The highest BCUT2D eigenvalue weighted by atomic mass is 32.2. The third kappa shape index (κ3) is 8.10. The third-order valence-electron chi connectivity index (χ3n) is 2.43. The van der Waals surface area contributed by atoms with Gasteiger partial charge < -0.3 is 19.9 Å². The summed E-state index contributed by atoms with van der Waals surface area (Å²) in [5.41, 5.74) is 6.61. The van der Waals surface area contributed by atoms with Crippen molar-refractivity contribution in [1.82, 2.24) is 0 Å². The maximum absolute atomic E-state index is 5.45. The van der Waals surface area contributed by atoms with Gasteiger partial charge in [0.25, 0.3) is 0 Å². The fraction of sp³-hybridized carbons (Fsp3) is 0.571. The Bertz CT molecular complexity index is 319. The van der Waals surface area contributed by atoms with Gasteiger partial charge in [-0.2, -0.15) is 11.8 Å². The fourth-order valence-electron chi connectivity index (χ4n) is 1.43. The maximum Gasteiger partial charge on any atom is 0.118 e. The van der Waals surface area contributed by atoms with Crippen LogP contribution >= 0.6 is 11.8 Å². The second kappa shape index (κ2) is 11.1. The molecule has 1 aromatic rings. The van der Waals surface area contributed by atoms with E-state index in [9.17, 15) is 0 Å². The molecular weight excluding hydrogens is 262 g/mol. The predicted molar refractivity (Wildman–Crippen MR) is 79.8 cm³/mol. The van der Waals surface area contributed by atoms with Gasteiger partial charge in [0.05, 0.1) is 33.5 Å². The molecule has 0 spiro atoms. The number of hydrogen-bond donors (Lipinski definition) is 1. The van der Waals surface area contributed by atoms with Crippen LogP contribution in [0.5, 0.6) is 5.75 Å². The Morgan fingerprint density at radius 1 is 1.00 bits per heavy atom. The van der Waals surface area contributed by atoms with E-state index in [1.807, 2.05) is 23.9 Å². The van der Waals surface area contributed by atoms with E-state index >= 15 is 0 Å². The van der Waals surface area contributed by atoms with Crippen molar-refractivity contribution in [2.75, 3.05) is 45.8 Å². The van der Waals surface area contributed by atoms with Gasteiger partial charge in [-0.15, -0.1) is 0 Å². The van der Waals surface area contributed by atoms with E-state index in [0.29, 0.717) is 26.4 Å². The van der Waals surface area contributed by atoms with Gasteiger partial charge in [0.2, 0.25) is 0 Å². The topological polar surface area (TPSA) is 53.7 Å². The first-order valence-corrected chi connectivity index (χ1v) is 7.58. The molecule has 0 amide bonds. The van der Waals surface area contributed by atoms with Crippen LogP contribution in [0, 0.1) is 0 Å². The zero-order valence-electron chi connectivity index (χ0n) is 11.5. The smallest absolute Gasteiger partial charge is 0.118 e. The number of ether oxygens (including phenoxy) is 3. The van der Waals surface area contributed by atoms with Crippen molar-refractivity contribution in [2.24, 2.45) is 5.73 Å². The first-order valence-electron chi connectivity index (χ1n) is 6.43. The average Bonchev–Trinajstić information content (AvgIpc) is 2.46. The highest BCUT2D eigenvalue weighted by molar-refractivity contribution is 7.98. The van der Waals surface area contributed by atoms with Crippen molar-refractivity contribution >= 4 is 11.8 Å². The molecular formula is C14H23NO3S. The number of rotatable bonds is 11. The SMILES string of the molecule is COc1ccc(CSCCOCCOCCN)cc1. The summed E-state index contributed by atoms with van der Waals surface area (Å²) in [7, 11) is 1.68. The minimum absolute atomic E-state index is 0.567. The van der Waals surface area contributed by atoms with Crippen LogP contribution in [0.1, 0.15) is 5.56 Å². The van der Waals surface area contributed by atoms with Crippen molar-refractivity contribution in [2.45, 2.75) is 5.75 Å². The maximum atomic E-state index is 5.45. The summed E-state index contributed by atoms with van der Waals surface area (Å²) in [5.74, 6) is 2.88. The number of thioether (sulfide) groups is 1. The molecule has 1 rings (SSSR count). The minimum atomic E-state index is 0.567. The normalized spacial score (nSPS) is 10.6. The van der Waals surface area contributed by atoms with Gasteiger partial charge in [0.1, 0.15) is 5.75 Å². The van der Waals surface area contributed by atoms with Crippen molar-refractivity contribution in [3.05, 3.63) is 29.8 Å². The molecule has 0 heterocycles. The number of benzene rings is 1.